The number of rotatable bonds is 9. The summed E-state index contributed by atoms with van der Waals surface area (Å²) in [5, 5.41) is 3.00. The molecule has 1 atom stereocenters. The molecule has 1 unspecified atom stereocenters. The number of carbonyl (C=O) groups excluding carboxylic acids is 1. The topological polar surface area (TPSA) is 41.6 Å². The number of amides is 1. The molecule has 0 bridgehead atoms. The Hall–Kier alpha value is -2.49. The first-order chi connectivity index (χ1) is 12.5. The summed E-state index contributed by atoms with van der Waals surface area (Å²) in [6, 6.07) is 16.2. The van der Waals surface area contributed by atoms with Crippen LogP contribution in [0.1, 0.15) is 30.9 Å². The summed E-state index contributed by atoms with van der Waals surface area (Å²) in [4.78, 5) is 14.6. The third-order valence-electron chi connectivity index (χ3n) is 4.59. The Morgan fingerprint density at radius 2 is 1.85 bits per heavy atom. The van der Waals surface area contributed by atoms with E-state index < -0.39 is 6.10 Å². The molecule has 2 aromatic carbocycles. The monoisotopic (exact) mass is 354 g/mol. The molecule has 0 heterocycles. The number of hydrogen-bond acceptors (Lipinski definition) is 3. The average molecular weight is 354 g/mol. The highest BCUT2D eigenvalue weighted by atomic mass is 16.5. The lowest BCUT2D eigenvalue weighted by atomic mass is 10.1. The maximum absolute atomic E-state index is 12.4. The summed E-state index contributed by atoms with van der Waals surface area (Å²) in [6.07, 6.45) is 1.07. The van der Waals surface area contributed by atoms with E-state index in [-0.39, 0.29) is 5.91 Å². The average Bonchev–Trinajstić information content (AvgIpc) is 2.66. The van der Waals surface area contributed by atoms with Crippen molar-refractivity contribution in [2.75, 3.05) is 25.0 Å². The van der Waals surface area contributed by atoms with Crippen molar-refractivity contribution in [2.45, 2.75) is 39.7 Å². The van der Waals surface area contributed by atoms with Gasteiger partial charge in [0.15, 0.2) is 6.10 Å². The van der Waals surface area contributed by atoms with Crippen LogP contribution in [0.4, 0.5) is 5.69 Å². The van der Waals surface area contributed by atoms with Gasteiger partial charge in [-0.3, -0.25) is 4.79 Å². The quantitative estimate of drug-likeness (QED) is 0.689. The van der Waals surface area contributed by atoms with E-state index in [2.05, 4.69) is 36.3 Å². The second-order valence-corrected chi connectivity index (χ2v) is 6.66. The van der Waals surface area contributed by atoms with E-state index >= 15 is 0 Å². The minimum absolute atomic E-state index is 0.0481. The molecule has 2 rings (SSSR count). The molecule has 0 spiro atoms. The van der Waals surface area contributed by atoms with Gasteiger partial charge in [-0.2, -0.15) is 0 Å². The lowest BCUT2D eigenvalue weighted by molar-refractivity contribution is -0.128. The number of nitrogens with zero attached hydrogens (tertiary/aromatic N) is 1. The molecule has 26 heavy (non-hydrogen) atoms. The SMILES string of the molecule is CCC(Oc1ccc(C)c(C)c1)C(=O)NCCCN(C)c1ccccc1. The van der Waals surface area contributed by atoms with E-state index in [9.17, 15) is 4.79 Å². The molecule has 0 aliphatic carbocycles. The predicted molar refractivity (Wildman–Crippen MR) is 108 cm³/mol. The Balaban J connectivity index is 1.77. The zero-order valence-electron chi connectivity index (χ0n) is 16.3. The summed E-state index contributed by atoms with van der Waals surface area (Å²) in [7, 11) is 2.06. The lowest BCUT2D eigenvalue weighted by Crippen LogP contribution is -2.39. The normalized spacial score (nSPS) is 11.7. The van der Waals surface area contributed by atoms with Crippen LogP contribution in [0.3, 0.4) is 0 Å². The van der Waals surface area contributed by atoms with Crippen LogP contribution in [0.15, 0.2) is 48.5 Å². The van der Waals surface area contributed by atoms with Crippen LogP contribution in [-0.2, 0) is 4.79 Å². The van der Waals surface area contributed by atoms with Gasteiger partial charge < -0.3 is 15.0 Å². The minimum Gasteiger partial charge on any atom is -0.481 e. The first-order valence-corrected chi connectivity index (χ1v) is 9.29. The second kappa shape index (κ2) is 9.85. The molecule has 0 aliphatic heterocycles. The first-order valence-electron chi connectivity index (χ1n) is 9.29. The third kappa shape index (κ3) is 5.80. The van der Waals surface area contributed by atoms with Crippen LogP contribution in [0.25, 0.3) is 0 Å². The molecule has 4 heteroatoms. The van der Waals surface area contributed by atoms with Crippen LogP contribution >= 0.6 is 0 Å². The fourth-order valence-electron chi connectivity index (χ4n) is 2.73. The number of ether oxygens (including phenoxy) is 1. The molecule has 0 aliphatic rings. The van der Waals surface area contributed by atoms with Gasteiger partial charge in [-0.25, -0.2) is 0 Å². The van der Waals surface area contributed by atoms with Crippen LogP contribution in [-0.4, -0.2) is 32.1 Å². The first kappa shape index (κ1) is 19.8. The summed E-state index contributed by atoms with van der Waals surface area (Å²) in [5.74, 6) is 0.701. The van der Waals surface area contributed by atoms with E-state index in [0.717, 1.165) is 18.7 Å². The van der Waals surface area contributed by atoms with E-state index in [1.807, 2.05) is 50.2 Å². The Morgan fingerprint density at radius 1 is 1.12 bits per heavy atom. The highest BCUT2D eigenvalue weighted by Gasteiger charge is 2.18. The van der Waals surface area contributed by atoms with Gasteiger partial charge in [0.05, 0.1) is 0 Å². The van der Waals surface area contributed by atoms with Crippen molar-refractivity contribution in [2.24, 2.45) is 0 Å². The van der Waals surface area contributed by atoms with E-state index in [4.69, 9.17) is 4.74 Å². The standard InChI is InChI=1S/C22H30N2O2/c1-5-21(26-20-13-12-17(2)18(3)16-20)22(25)23-14-9-15-24(4)19-10-7-6-8-11-19/h6-8,10-13,16,21H,5,9,14-15H2,1-4H3,(H,23,25). The van der Waals surface area contributed by atoms with Crippen molar-refractivity contribution in [1.29, 1.82) is 0 Å². The molecule has 0 radical (unpaired) electrons. The van der Waals surface area contributed by atoms with Crippen LogP contribution in [0.5, 0.6) is 5.75 Å². The summed E-state index contributed by atoms with van der Waals surface area (Å²) >= 11 is 0. The number of anilines is 1. The Labute approximate surface area is 157 Å². The zero-order valence-corrected chi connectivity index (χ0v) is 16.3. The van der Waals surface area contributed by atoms with Gasteiger partial charge in [-0.15, -0.1) is 0 Å². The summed E-state index contributed by atoms with van der Waals surface area (Å²) < 4.78 is 5.89. The molecule has 140 valence electrons. The van der Waals surface area contributed by atoms with E-state index in [1.54, 1.807) is 0 Å². The Morgan fingerprint density at radius 3 is 2.50 bits per heavy atom. The smallest absolute Gasteiger partial charge is 0.261 e. The molecule has 0 saturated heterocycles. The highest BCUT2D eigenvalue weighted by molar-refractivity contribution is 5.81. The lowest BCUT2D eigenvalue weighted by Gasteiger charge is -2.20. The zero-order chi connectivity index (χ0) is 18.9. The highest BCUT2D eigenvalue weighted by Crippen LogP contribution is 2.18. The number of aryl methyl sites for hydroxylation is 2. The van der Waals surface area contributed by atoms with Gasteiger partial charge in [0, 0.05) is 25.8 Å². The fourth-order valence-corrected chi connectivity index (χ4v) is 2.73. The largest absolute Gasteiger partial charge is 0.481 e. The van der Waals surface area contributed by atoms with Crippen LogP contribution in [0.2, 0.25) is 0 Å². The molecule has 0 fully saturated rings. The van der Waals surface area contributed by atoms with E-state index in [0.29, 0.717) is 13.0 Å². The maximum Gasteiger partial charge on any atom is 0.261 e. The maximum atomic E-state index is 12.4. The molecular formula is C22H30N2O2. The predicted octanol–water partition coefficient (Wildman–Crippen LogP) is 4.10. The van der Waals surface area contributed by atoms with E-state index in [1.165, 1.54) is 16.8 Å². The van der Waals surface area contributed by atoms with Crippen molar-refractivity contribution in [3.05, 3.63) is 59.7 Å². The second-order valence-electron chi connectivity index (χ2n) is 6.66. The molecule has 2 aromatic rings. The van der Waals surface area contributed by atoms with Crippen molar-refractivity contribution in [3.63, 3.8) is 0 Å². The van der Waals surface area contributed by atoms with Crippen LogP contribution in [0, 0.1) is 13.8 Å². The van der Waals surface area contributed by atoms with Gasteiger partial charge in [0.1, 0.15) is 5.75 Å². The minimum atomic E-state index is -0.455. The van der Waals surface area contributed by atoms with Crippen molar-refractivity contribution in [1.82, 2.24) is 5.32 Å². The molecule has 0 saturated carbocycles. The number of benzene rings is 2. The fraction of sp³-hybridized carbons (Fsp3) is 0.409. The summed E-state index contributed by atoms with van der Waals surface area (Å²) in [5.41, 5.74) is 3.57. The summed E-state index contributed by atoms with van der Waals surface area (Å²) in [6.45, 7) is 7.61. The van der Waals surface area contributed by atoms with Gasteiger partial charge >= 0.3 is 0 Å². The van der Waals surface area contributed by atoms with Crippen LogP contribution < -0.4 is 15.0 Å². The Bertz CT molecular complexity index is 701. The van der Waals surface area contributed by atoms with Crippen molar-refractivity contribution >= 4 is 11.6 Å². The number of nitrogens with one attached hydrogen (secondary N) is 1. The van der Waals surface area contributed by atoms with Gasteiger partial charge in [-0.1, -0.05) is 31.2 Å². The Kier molecular flexibility index (Phi) is 7.52. The molecule has 0 aromatic heterocycles. The molecule has 1 N–H and O–H groups in total. The molecule has 1 amide bonds. The molecular weight excluding hydrogens is 324 g/mol. The van der Waals surface area contributed by atoms with Gasteiger partial charge in [0.2, 0.25) is 0 Å². The molecule has 4 nitrogen and oxygen atoms in total. The van der Waals surface area contributed by atoms with Gasteiger partial charge in [0.25, 0.3) is 5.91 Å². The third-order valence-corrected chi connectivity index (χ3v) is 4.59. The number of carbonyl (C=O) groups is 1. The van der Waals surface area contributed by atoms with Crippen molar-refractivity contribution in [3.8, 4) is 5.75 Å². The number of hydrogen-bond donors (Lipinski definition) is 1. The van der Waals surface area contributed by atoms with Crippen molar-refractivity contribution < 1.29 is 9.53 Å². The number of para-hydroxylation sites is 1. The van der Waals surface area contributed by atoms with Gasteiger partial charge in [-0.05, 0) is 62.1 Å².